The molecule has 0 saturated heterocycles. The highest BCUT2D eigenvalue weighted by Gasteiger charge is 2.30. The number of para-hydroxylation sites is 1. The highest BCUT2D eigenvalue weighted by Crippen LogP contribution is 2.33. The van der Waals surface area contributed by atoms with Crippen LogP contribution in [-0.2, 0) is 9.59 Å². The lowest BCUT2D eigenvalue weighted by Crippen LogP contribution is -2.30. The molecule has 2 amide bonds. The molecule has 0 spiro atoms. The first-order chi connectivity index (χ1) is 10.6. The summed E-state index contributed by atoms with van der Waals surface area (Å²) in [6, 6.07) is 13.3. The Morgan fingerprint density at radius 2 is 1.91 bits per heavy atom. The van der Waals surface area contributed by atoms with Crippen molar-refractivity contribution in [2.24, 2.45) is 0 Å². The summed E-state index contributed by atoms with van der Waals surface area (Å²) in [7, 11) is 0. The number of carbonyl (C=O) groups excluding carboxylic acids is 2. The van der Waals surface area contributed by atoms with Crippen LogP contribution in [0.5, 0.6) is 0 Å². The van der Waals surface area contributed by atoms with Gasteiger partial charge in [-0.25, -0.2) is 0 Å². The van der Waals surface area contributed by atoms with Crippen molar-refractivity contribution in [1.82, 2.24) is 0 Å². The highest BCUT2D eigenvalue weighted by atomic mass is 16.2. The lowest BCUT2D eigenvalue weighted by Gasteiger charge is -2.25. The lowest BCUT2D eigenvalue weighted by molar-refractivity contribution is -0.123. The van der Waals surface area contributed by atoms with Gasteiger partial charge in [0.25, 0.3) is 0 Å². The smallest absolute Gasteiger partial charge is 0.232 e. The van der Waals surface area contributed by atoms with Gasteiger partial charge in [-0.3, -0.25) is 9.59 Å². The number of hydrogen-bond donors (Lipinski definition) is 2. The van der Waals surface area contributed by atoms with Gasteiger partial charge in [0.1, 0.15) is 0 Å². The highest BCUT2D eigenvalue weighted by molar-refractivity contribution is 6.05. The van der Waals surface area contributed by atoms with Crippen LogP contribution in [0, 0.1) is 13.8 Å². The molecule has 22 heavy (non-hydrogen) atoms. The summed E-state index contributed by atoms with van der Waals surface area (Å²) in [5.74, 6) is -0.722. The van der Waals surface area contributed by atoms with Crippen LogP contribution in [0.25, 0.3) is 0 Å². The number of amides is 2. The van der Waals surface area contributed by atoms with Crippen molar-refractivity contribution in [1.29, 1.82) is 0 Å². The molecule has 0 saturated carbocycles. The molecule has 1 atom stereocenters. The van der Waals surface area contributed by atoms with E-state index in [0.29, 0.717) is 0 Å². The van der Waals surface area contributed by atoms with Gasteiger partial charge < -0.3 is 10.6 Å². The summed E-state index contributed by atoms with van der Waals surface area (Å²) in [6.07, 6.45) is 0.174. The number of aryl methyl sites for hydroxylation is 1. The molecule has 1 aliphatic heterocycles. The van der Waals surface area contributed by atoms with Crippen LogP contribution in [0.4, 0.5) is 11.4 Å². The van der Waals surface area contributed by atoms with Crippen molar-refractivity contribution in [3.63, 3.8) is 0 Å². The first-order valence-corrected chi connectivity index (χ1v) is 7.32. The van der Waals surface area contributed by atoms with Crippen LogP contribution in [0.3, 0.4) is 0 Å². The molecule has 0 aliphatic carbocycles. The second kappa shape index (κ2) is 5.64. The van der Waals surface area contributed by atoms with E-state index in [1.807, 2.05) is 56.3 Å². The number of nitrogens with one attached hydrogen (secondary N) is 2. The van der Waals surface area contributed by atoms with Crippen molar-refractivity contribution in [2.75, 3.05) is 10.6 Å². The Morgan fingerprint density at radius 3 is 2.73 bits per heavy atom. The SMILES string of the molecule is Cc1cccc(NC(=O)C2CC(=O)Nc3ccccc32)c1C. The third kappa shape index (κ3) is 2.60. The minimum atomic E-state index is -0.454. The van der Waals surface area contributed by atoms with E-state index in [9.17, 15) is 9.59 Å². The van der Waals surface area contributed by atoms with Gasteiger partial charge in [0.05, 0.1) is 5.92 Å². The molecule has 1 unspecified atom stereocenters. The predicted octanol–water partition coefficient (Wildman–Crippen LogP) is 3.37. The maximum atomic E-state index is 12.6. The molecular weight excluding hydrogens is 276 g/mol. The fourth-order valence-electron chi connectivity index (χ4n) is 2.75. The van der Waals surface area contributed by atoms with Gasteiger partial charge in [0.15, 0.2) is 0 Å². The standard InChI is InChI=1S/C18H18N2O2/c1-11-6-5-9-15(12(11)2)20-18(22)14-10-17(21)19-16-8-4-3-7-13(14)16/h3-9,14H,10H2,1-2H3,(H,19,21)(H,20,22). The molecule has 0 bridgehead atoms. The van der Waals surface area contributed by atoms with Gasteiger partial charge in [-0.05, 0) is 42.7 Å². The second-order valence-electron chi connectivity index (χ2n) is 5.63. The van der Waals surface area contributed by atoms with Crippen molar-refractivity contribution in [2.45, 2.75) is 26.2 Å². The van der Waals surface area contributed by atoms with Crippen molar-refractivity contribution in [3.8, 4) is 0 Å². The number of carbonyl (C=O) groups is 2. The normalized spacial score (nSPS) is 16.6. The molecule has 4 nitrogen and oxygen atoms in total. The predicted molar refractivity (Wildman–Crippen MR) is 87.0 cm³/mol. The minimum Gasteiger partial charge on any atom is -0.326 e. The van der Waals surface area contributed by atoms with E-state index in [2.05, 4.69) is 10.6 Å². The summed E-state index contributed by atoms with van der Waals surface area (Å²) in [5.41, 5.74) is 4.56. The fourth-order valence-corrected chi connectivity index (χ4v) is 2.75. The first kappa shape index (κ1) is 14.3. The molecule has 3 rings (SSSR count). The Balaban J connectivity index is 1.89. The van der Waals surface area contributed by atoms with Gasteiger partial charge in [0, 0.05) is 17.8 Å². The first-order valence-electron chi connectivity index (χ1n) is 7.32. The Hall–Kier alpha value is -2.62. The summed E-state index contributed by atoms with van der Waals surface area (Å²) >= 11 is 0. The van der Waals surface area contributed by atoms with Crippen LogP contribution < -0.4 is 10.6 Å². The average Bonchev–Trinajstić information content (AvgIpc) is 2.51. The van der Waals surface area contributed by atoms with Gasteiger partial charge in [-0.15, -0.1) is 0 Å². The maximum Gasteiger partial charge on any atom is 0.232 e. The molecule has 1 aliphatic rings. The Labute approximate surface area is 129 Å². The van der Waals surface area contributed by atoms with Crippen LogP contribution in [0.2, 0.25) is 0 Å². The molecule has 2 aromatic carbocycles. The van der Waals surface area contributed by atoms with E-state index < -0.39 is 5.92 Å². The fraction of sp³-hybridized carbons (Fsp3) is 0.222. The van der Waals surface area contributed by atoms with E-state index in [4.69, 9.17) is 0 Å². The zero-order chi connectivity index (χ0) is 15.7. The zero-order valence-corrected chi connectivity index (χ0v) is 12.6. The maximum absolute atomic E-state index is 12.6. The monoisotopic (exact) mass is 294 g/mol. The Morgan fingerprint density at radius 1 is 1.14 bits per heavy atom. The summed E-state index contributed by atoms with van der Waals surface area (Å²) in [6.45, 7) is 3.99. The average molecular weight is 294 g/mol. The molecule has 4 heteroatoms. The summed E-state index contributed by atoms with van der Waals surface area (Å²) in [5, 5.41) is 5.77. The Bertz CT molecular complexity index is 753. The van der Waals surface area contributed by atoms with Gasteiger partial charge >= 0.3 is 0 Å². The summed E-state index contributed by atoms with van der Waals surface area (Å²) < 4.78 is 0. The van der Waals surface area contributed by atoms with E-state index in [-0.39, 0.29) is 18.2 Å². The zero-order valence-electron chi connectivity index (χ0n) is 12.6. The molecule has 2 aromatic rings. The second-order valence-corrected chi connectivity index (χ2v) is 5.63. The molecular formula is C18H18N2O2. The van der Waals surface area contributed by atoms with Crippen molar-refractivity contribution < 1.29 is 9.59 Å². The van der Waals surface area contributed by atoms with Crippen LogP contribution >= 0.6 is 0 Å². The quantitative estimate of drug-likeness (QED) is 0.892. The lowest BCUT2D eigenvalue weighted by atomic mass is 9.89. The third-order valence-electron chi connectivity index (χ3n) is 4.18. The largest absolute Gasteiger partial charge is 0.326 e. The van der Waals surface area contributed by atoms with E-state index in [1.165, 1.54) is 0 Å². The number of benzene rings is 2. The third-order valence-corrected chi connectivity index (χ3v) is 4.18. The number of hydrogen-bond acceptors (Lipinski definition) is 2. The molecule has 2 N–H and O–H groups in total. The molecule has 0 fully saturated rings. The van der Waals surface area contributed by atoms with Crippen LogP contribution in [0.1, 0.15) is 29.0 Å². The van der Waals surface area contributed by atoms with Gasteiger partial charge in [-0.2, -0.15) is 0 Å². The van der Waals surface area contributed by atoms with Crippen LogP contribution in [0.15, 0.2) is 42.5 Å². The molecule has 0 radical (unpaired) electrons. The van der Waals surface area contributed by atoms with Gasteiger partial charge in [-0.1, -0.05) is 30.3 Å². The van der Waals surface area contributed by atoms with Crippen molar-refractivity contribution >= 4 is 23.2 Å². The molecule has 1 heterocycles. The Kier molecular flexibility index (Phi) is 3.67. The van der Waals surface area contributed by atoms with E-state index in [1.54, 1.807) is 0 Å². The van der Waals surface area contributed by atoms with E-state index in [0.717, 1.165) is 28.1 Å². The van der Waals surface area contributed by atoms with Crippen LogP contribution in [-0.4, -0.2) is 11.8 Å². The molecule has 0 aromatic heterocycles. The number of anilines is 2. The van der Waals surface area contributed by atoms with Crippen molar-refractivity contribution in [3.05, 3.63) is 59.2 Å². The number of rotatable bonds is 2. The minimum absolute atomic E-state index is 0.125. The van der Waals surface area contributed by atoms with E-state index >= 15 is 0 Å². The topological polar surface area (TPSA) is 58.2 Å². The summed E-state index contributed by atoms with van der Waals surface area (Å²) in [4.78, 5) is 24.5. The van der Waals surface area contributed by atoms with Gasteiger partial charge in [0.2, 0.25) is 11.8 Å². The molecule has 112 valence electrons. The number of fused-ring (bicyclic) bond motifs is 1.